The molecular formula is C21H21N3O2S. The fourth-order valence-electron chi connectivity index (χ4n) is 3.68. The van der Waals surface area contributed by atoms with Crippen LogP contribution in [0.4, 0.5) is 4.79 Å². The van der Waals surface area contributed by atoms with E-state index in [1.165, 1.54) is 16.2 Å². The summed E-state index contributed by atoms with van der Waals surface area (Å²) in [5.74, 6) is 0.0449. The molecule has 1 unspecified atom stereocenters. The second-order valence-corrected chi connectivity index (χ2v) is 8.38. The molecule has 138 valence electrons. The Balaban J connectivity index is 1.68. The summed E-state index contributed by atoms with van der Waals surface area (Å²) < 4.78 is 1.05. The van der Waals surface area contributed by atoms with Crippen molar-refractivity contribution in [2.24, 2.45) is 5.92 Å². The summed E-state index contributed by atoms with van der Waals surface area (Å²) in [5, 5.41) is 3.74. The molecule has 0 aliphatic carbocycles. The van der Waals surface area contributed by atoms with Gasteiger partial charge in [-0.05, 0) is 30.0 Å². The summed E-state index contributed by atoms with van der Waals surface area (Å²) in [6.07, 6.45) is 0.554. The first-order chi connectivity index (χ1) is 13.0. The number of nitrogens with zero attached hydrogens (tertiary/aromatic N) is 2. The van der Waals surface area contributed by atoms with Crippen LogP contribution in [0.3, 0.4) is 0 Å². The molecule has 1 saturated heterocycles. The lowest BCUT2D eigenvalue weighted by molar-refractivity contribution is -0.132. The van der Waals surface area contributed by atoms with Gasteiger partial charge in [0.15, 0.2) is 0 Å². The van der Waals surface area contributed by atoms with Crippen LogP contribution in [0.25, 0.3) is 10.2 Å². The Labute approximate surface area is 162 Å². The highest BCUT2D eigenvalue weighted by atomic mass is 32.1. The van der Waals surface area contributed by atoms with E-state index < -0.39 is 5.54 Å². The molecule has 0 saturated carbocycles. The Morgan fingerprint density at radius 1 is 1.07 bits per heavy atom. The van der Waals surface area contributed by atoms with Crippen LogP contribution in [0.5, 0.6) is 0 Å². The van der Waals surface area contributed by atoms with E-state index in [1.54, 1.807) is 0 Å². The molecule has 27 heavy (non-hydrogen) atoms. The molecule has 2 heterocycles. The molecule has 1 N–H and O–H groups in total. The fraction of sp³-hybridized carbons (Fsp3) is 0.286. The molecule has 4 rings (SSSR count). The SMILES string of the molecule is CC(C)CC1(c2ccccc2)NC(=O)N(Cc2nc3ccccc3s2)C1=O. The van der Waals surface area contributed by atoms with Gasteiger partial charge < -0.3 is 5.32 Å². The zero-order valence-electron chi connectivity index (χ0n) is 15.3. The van der Waals surface area contributed by atoms with Gasteiger partial charge in [0.05, 0.1) is 16.8 Å². The van der Waals surface area contributed by atoms with Gasteiger partial charge in [-0.3, -0.25) is 9.69 Å². The monoisotopic (exact) mass is 379 g/mol. The van der Waals surface area contributed by atoms with Crippen molar-refractivity contribution in [1.29, 1.82) is 0 Å². The van der Waals surface area contributed by atoms with Crippen molar-refractivity contribution in [2.75, 3.05) is 0 Å². The molecule has 1 atom stereocenters. The summed E-state index contributed by atoms with van der Waals surface area (Å²) >= 11 is 1.51. The third kappa shape index (κ3) is 3.10. The van der Waals surface area contributed by atoms with Crippen LogP contribution in [-0.2, 0) is 16.9 Å². The molecule has 3 aromatic rings. The van der Waals surface area contributed by atoms with E-state index in [9.17, 15) is 9.59 Å². The maximum Gasteiger partial charge on any atom is 0.325 e. The quantitative estimate of drug-likeness (QED) is 0.673. The molecular weight excluding hydrogens is 358 g/mol. The first-order valence-corrected chi connectivity index (χ1v) is 9.85. The Kier molecular flexibility index (Phi) is 4.44. The number of para-hydroxylation sites is 1. The summed E-state index contributed by atoms with van der Waals surface area (Å²) in [4.78, 5) is 32.0. The van der Waals surface area contributed by atoms with Gasteiger partial charge in [-0.1, -0.05) is 56.3 Å². The van der Waals surface area contributed by atoms with Crippen LogP contribution < -0.4 is 5.32 Å². The van der Waals surface area contributed by atoms with Crippen molar-refractivity contribution in [3.8, 4) is 0 Å². The molecule has 0 spiro atoms. The summed E-state index contributed by atoms with van der Waals surface area (Å²) in [6.45, 7) is 4.30. The largest absolute Gasteiger partial charge is 0.325 e. The average molecular weight is 379 g/mol. The highest BCUT2D eigenvalue weighted by Gasteiger charge is 2.52. The predicted octanol–water partition coefficient (Wildman–Crippen LogP) is 4.29. The number of hydrogen-bond donors (Lipinski definition) is 1. The number of thiazole rings is 1. The van der Waals surface area contributed by atoms with Crippen molar-refractivity contribution in [3.63, 3.8) is 0 Å². The van der Waals surface area contributed by atoms with Crippen LogP contribution in [0.1, 0.15) is 30.8 Å². The van der Waals surface area contributed by atoms with Gasteiger partial charge in [0.25, 0.3) is 5.91 Å². The normalized spacial score (nSPS) is 19.9. The fourth-order valence-corrected chi connectivity index (χ4v) is 4.64. The van der Waals surface area contributed by atoms with Crippen LogP contribution >= 0.6 is 11.3 Å². The lowest BCUT2D eigenvalue weighted by Crippen LogP contribution is -2.45. The number of imide groups is 1. The molecule has 1 fully saturated rings. The van der Waals surface area contributed by atoms with Gasteiger partial charge in [0, 0.05) is 0 Å². The average Bonchev–Trinajstić information content (AvgIpc) is 3.16. The highest BCUT2D eigenvalue weighted by Crippen LogP contribution is 2.36. The van der Waals surface area contributed by atoms with E-state index in [2.05, 4.69) is 24.1 Å². The Morgan fingerprint density at radius 2 is 1.78 bits per heavy atom. The van der Waals surface area contributed by atoms with Gasteiger partial charge >= 0.3 is 6.03 Å². The predicted molar refractivity (Wildman–Crippen MR) is 106 cm³/mol. The number of amides is 3. The summed E-state index contributed by atoms with van der Waals surface area (Å²) in [5.41, 5.74) is 0.702. The second kappa shape index (κ2) is 6.78. The minimum absolute atomic E-state index is 0.191. The van der Waals surface area contributed by atoms with Crippen molar-refractivity contribution in [2.45, 2.75) is 32.4 Å². The number of nitrogens with one attached hydrogen (secondary N) is 1. The topological polar surface area (TPSA) is 62.3 Å². The molecule has 2 aromatic carbocycles. The van der Waals surface area contributed by atoms with Crippen LogP contribution in [-0.4, -0.2) is 21.8 Å². The third-order valence-electron chi connectivity index (χ3n) is 4.79. The van der Waals surface area contributed by atoms with Gasteiger partial charge in [0.1, 0.15) is 10.5 Å². The van der Waals surface area contributed by atoms with E-state index in [0.717, 1.165) is 20.8 Å². The maximum absolute atomic E-state index is 13.4. The molecule has 3 amide bonds. The Morgan fingerprint density at radius 3 is 2.48 bits per heavy atom. The van der Waals surface area contributed by atoms with E-state index in [0.29, 0.717) is 6.42 Å². The second-order valence-electron chi connectivity index (χ2n) is 7.27. The first-order valence-electron chi connectivity index (χ1n) is 9.04. The minimum Gasteiger partial charge on any atom is -0.319 e. The summed E-state index contributed by atoms with van der Waals surface area (Å²) in [7, 11) is 0. The molecule has 1 aliphatic heterocycles. The number of benzene rings is 2. The highest BCUT2D eigenvalue weighted by molar-refractivity contribution is 7.18. The number of carbonyl (C=O) groups is 2. The van der Waals surface area contributed by atoms with Crippen molar-refractivity contribution in [3.05, 3.63) is 65.2 Å². The number of rotatable bonds is 5. The van der Waals surface area contributed by atoms with Crippen LogP contribution in [0.15, 0.2) is 54.6 Å². The van der Waals surface area contributed by atoms with E-state index in [-0.39, 0.29) is 24.4 Å². The summed E-state index contributed by atoms with van der Waals surface area (Å²) in [6, 6.07) is 17.0. The molecule has 1 aliphatic rings. The number of fused-ring (bicyclic) bond motifs is 1. The van der Waals surface area contributed by atoms with E-state index in [1.807, 2.05) is 54.6 Å². The molecule has 0 radical (unpaired) electrons. The molecule has 0 bridgehead atoms. The third-order valence-corrected chi connectivity index (χ3v) is 5.81. The number of urea groups is 1. The van der Waals surface area contributed by atoms with Crippen molar-refractivity contribution >= 4 is 33.5 Å². The molecule has 5 nitrogen and oxygen atoms in total. The number of hydrogen-bond acceptors (Lipinski definition) is 4. The lowest BCUT2D eigenvalue weighted by Gasteiger charge is -2.29. The van der Waals surface area contributed by atoms with Crippen LogP contribution in [0.2, 0.25) is 0 Å². The zero-order valence-corrected chi connectivity index (χ0v) is 16.1. The smallest absolute Gasteiger partial charge is 0.319 e. The number of carbonyl (C=O) groups excluding carboxylic acids is 2. The first kappa shape index (κ1) is 17.7. The standard InChI is InChI=1S/C21H21N3O2S/c1-14(2)12-21(15-8-4-3-5-9-15)19(25)24(20(26)23-21)13-18-22-16-10-6-7-11-17(16)27-18/h3-11,14H,12-13H2,1-2H3,(H,23,26). The van der Waals surface area contributed by atoms with Crippen molar-refractivity contribution < 1.29 is 9.59 Å². The van der Waals surface area contributed by atoms with E-state index >= 15 is 0 Å². The van der Waals surface area contributed by atoms with Gasteiger partial charge in [-0.15, -0.1) is 11.3 Å². The van der Waals surface area contributed by atoms with Gasteiger partial charge in [-0.2, -0.15) is 0 Å². The minimum atomic E-state index is -1.01. The Bertz CT molecular complexity index is 966. The molecule has 6 heteroatoms. The van der Waals surface area contributed by atoms with Gasteiger partial charge in [-0.25, -0.2) is 9.78 Å². The zero-order chi connectivity index (χ0) is 19.0. The number of aromatic nitrogens is 1. The maximum atomic E-state index is 13.4. The van der Waals surface area contributed by atoms with E-state index in [4.69, 9.17) is 0 Å². The lowest BCUT2D eigenvalue weighted by atomic mass is 9.82. The van der Waals surface area contributed by atoms with Crippen molar-refractivity contribution in [1.82, 2.24) is 15.2 Å². The molecule has 1 aromatic heterocycles. The Hall–Kier alpha value is -2.73. The van der Waals surface area contributed by atoms with Gasteiger partial charge in [0.2, 0.25) is 0 Å². The van der Waals surface area contributed by atoms with Crippen LogP contribution in [0, 0.1) is 5.92 Å².